The second-order valence-corrected chi connectivity index (χ2v) is 9.98. The Morgan fingerprint density at radius 2 is 1.82 bits per heavy atom. The van der Waals surface area contributed by atoms with Crippen LogP contribution in [0.5, 0.6) is 0 Å². The molecule has 0 spiro atoms. The van der Waals surface area contributed by atoms with Crippen LogP contribution in [0.1, 0.15) is 63.9 Å². The normalized spacial score (nSPS) is 14.9. The van der Waals surface area contributed by atoms with E-state index in [1.54, 1.807) is 30.4 Å². The average molecular weight is 478 g/mol. The summed E-state index contributed by atoms with van der Waals surface area (Å²) in [6.07, 6.45) is 6.50. The number of carbonyl (C=O) groups excluding carboxylic acids is 2. The van der Waals surface area contributed by atoms with Crippen molar-refractivity contribution in [2.24, 2.45) is 0 Å². The minimum atomic E-state index is -0.422. The maximum Gasteiger partial charge on any atom is 0.333 e. The van der Waals surface area contributed by atoms with E-state index < -0.39 is 6.03 Å². The molecule has 1 fully saturated rings. The van der Waals surface area contributed by atoms with E-state index >= 15 is 0 Å². The minimum Gasteiger partial charge on any atom is -0.307 e. The van der Waals surface area contributed by atoms with Crippen molar-refractivity contribution in [3.63, 3.8) is 0 Å². The van der Waals surface area contributed by atoms with Gasteiger partial charge in [-0.15, -0.1) is 11.3 Å². The number of carbonyl (C=O) groups is 2. The zero-order valence-electron chi connectivity index (χ0n) is 20.3. The predicted molar refractivity (Wildman–Crippen MR) is 143 cm³/mol. The number of piperidine rings is 1. The molecule has 0 radical (unpaired) electrons. The molecule has 34 heavy (non-hydrogen) atoms. The Kier molecular flexibility index (Phi) is 8.35. The standard InChI is InChI=1S/C28H35N3O2S/c1-3-5-9-16-30-17-14-21(15-18-30)25-20-34-26-13-12-22(19-24(25)26)29-28(33)31(27(32)4-2)23-10-7-6-8-11-23/h6-8,10-13,19-21H,3-5,9,14-18H2,1-2H3,(H,29,33). The van der Waals surface area contributed by atoms with Crippen LogP contribution in [0.2, 0.25) is 0 Å². The third-order valence-electron chi connectivity index (χ3n) is 6.73. The van der Waals surface area contributed by atoms with Gasteiger partial charge in [-0.3, -0.25) is 4.79 Å². The summed E-state index contributed by atoms with van der Waals surface area (Å²) in [7, 11) is 0. The Morgan fingerprint density at radius 1 is 1.06 bits per heavy atom. The highest BCUT2D eigenvalue weighted by molar-refractivity contribution is 7.17. The molecule has 180 valence electrons. The van der Waals surface area contributed by atoms with Gasteiger partial charge in [-0.1, -0.05) is 44.9 Å². The van der Waals surface area contributed by atoms with Gasteiger partial charge < -0.3 is 10.2 Å². The lowest BCUT2D eigenvalue weighted by Crippen LogP contribution is -2.39. The molecule has 1 aromatic heterocycles. The maximum absolute atomic E-state index is 13.1. The zero-order valence-corrected chi connectivity index (χ0v) is 21.1. The fraction of sp³-hybridized carbons (Fsp3) is 0.429. The topological polar surface area (TPSA) is 52.7 Å². The van der Waals surface area contributed by atoms with E-state index in [9.17, 15) is 9.59 Å². The smallest absolute Gasteiger partial charge is 0.307 e. The Balaban J connectivity index is 1.48. The Labute approximate surface area is 206 Å². The largest absolute Gasteiger partial charge is 0.333 e. The van der Waals surface area contributed by atoms with Crippen LogP contribution in [0, 0.1) is 0 Å². The molecule has 0 bridgehead atoms. The highest BCUT2D eigenvalue weighted by atomic mass is 32.1. The third-order valence-corrected chi connectivity index (χ3v) is 7.71. The quantitative estimate of drug-likeness (QED) is 0.348. The molecule has 6 heteroatoms. The molecule has 0 saturated carbocycles. The summed E-state index contributed by atoms with van der Waals surface area (Å²) < 4.78 is 1.24. The molecule has 3 aromatic rings. The third kappa shape index (κ3) is 5.68. The van der Waals surface area contributed by atoms with Crippen LogP contribution in [-0.4, -0.2) is 36.5 Å². The number of anilines is 2. The van der Waals surface area contributed by atoms with Gasteiger partial charge >= 0.3 is 6.03 Å². The number of nitrogens with one attached hydrogen (secondary N) is 1. The van der Waals surface area contributed by atoms with Gasteiger partial charge in [0.1, 0.15) is 0 Å². The van der Waals surface area contributed by atoms with Crippen LogP contribution >= 0.6 is 11.3 Å². The van der Waals surface area contributed by atoms with Crippen LogP contribution in [0.3, 0.4) is 0 Å². The van der Waals surface area contributed by atoms with Crippen LogP contribution in [0.15, 0.2) is 53.9 Å². The van der Waals surface area contributed by atoms with Gasteiger partial charge in [-0.2, -0.15) is 0 Å². The lowest BCUT2D eigenvalue weighted by atomic mass is 9.89. The molecule has 1 aliphatic rings. The fourth-order valence-corrected chi connectivity index (χ4v) is 5.81. The molecule has 0 aliphatic carbocycles. The summed E-state index contributed by atoms with van der Waals surface area (Å²) in [4.78, 5) is 29.5. The summed E-state index contributed by atoms with van der Waals surface area (Å²) in [6.45, 7) is 7.56. The van der Waals surface area contributed by atoms with E-state index in [-0.39, 0.29) is 12.3 Å². The molecule has 0 atom stereocenters. The number of hydrogen-bond acceptors (Lipinski definition) is 4. The van der Waals surface area contributed by atoms with Crippen molar-refractivity contribution in [2.45, 2.75) is 58.3 Å². The molecule has 3 amide bonds. The van der Waals surface area contributed by atoms with E-state index in [1.165, 1.54) is 59.2 Å². The summed E-state index contributed by atoms with van der Waals surface area (Å²) in [6, 6.07) is 14.8. The van der Waals surface area contributed by atoms with Crippen molar-refractivity contribution in [2.75, 3.05) is 29.9 Å². The van der Waals surface area contributed by atoms with E-state index in [4.69, 9.17) is 0 Å². The number of hydrogen-bond donors (Lipinski definition) is 1. The maximum atomic E-state index is 13.1. The number of urea groups is 1. The Morgan fingerprint density at radius 3 is 2.53 bits per heavy atom. The highest BCUT2D eigenvalue weighted by Crippen LogP contribution is 2.38. The molecule has 2 heterocycles. The molecular formula is C28H35N3O2S. The summed E-state index contributed by atoms with van der Waals surface area (Å²) >= 11 is 1.77. The van der Waals surface area contributed by atoms with Gasteiger partial charge in [0.25, 0.3) is 0 Å². The molecule has 1 N–H and O–H groups in total. The van der Waals surface area contributed by atoms with E-state index in [2.05, 4.69) is 34.7 Å². The van der Waals surface area contributed by atoms with Gasteiger partial charge in [0.15, 0.2) is 0 Å². The molecular weight excluding hydrogens is 442 g/mol. The summed E-state index contributed by atoms with van der Waals surface area (Å²) in [5, 5.41) is 6.48. The average Bonchev–Trinajstić information content (AvgIpc) is 3.28. The van der Waals surface area contributed by atoms with Crippen molar-refractivity contribution in [1.82, 2.24) is 4.90 Å². The van der Waals surface area contributed by atoms with Crippen molar-refractivity contribution < 1.29 is 9.59 Å². The monoisotopic (exact) mass is 477 g/mol. The second kappa shape index (κ2) is 11.6. The fourth-order valence-electron chi connectivity index (χ4n) is 4.78. The van der Waals surface area contributed by atoms with Gasteiger partial charge in [-0.05, 0) is 91.5 Å². The first-order valence-electron chi connectivity index (χ1n) is 12.5. The number of rotatable bonds is 8. The first-order chi connectivity index (χ1) is 16.6. The Bertz CT molecular complexity index is 1100. The number of fused-ring (bicyclic) bond motifs is 1. The van der Waals surface area contributed by atoms with Crippen LogP contribution in [0.25, 0.3) is 10.1 Å². The number of amides is 3. The number of benzene rings is 2. The molecule has 4 rings (SSSR count). The van der Waals surface area contributed by atoms with Crippen LogP contribution in [0.4, 0.5) is 16.2 Å². The van der Waals surface area contributed by atoms with Gasteiger partial charge in [-0.25, -0.2) is 9.69 Å². The first kappa shape index (κ1) is 24.4. The molecule has 5 nitrogen and oxygen atoms in total. The molecule has 1 aliphatic heterocycles. The number of thiophene rings is 1. The van der Waals surface area contributed by atoms with E-state index in [0.717, 1.165) is 18.8 Å². The van der Waals surface area contributed by atoms with Gasteiger partial charge in [0.2, 0.25) is 5.91 Å². The van der Waals surface area contributed by atoms with Crippen LogP contribution in [-0.2, 0) is 4.79 Å². The van der Waals surface area contributed by atoms with Crippen LogP contribution < -0.4 is 10.2 Å². The molecule has 1 saturated heterocycles. The summed E-state index contributed by atoms with van der Waals surface area (Å²) in [5.41, 5.74) is 2.70. The number of para-hydroxylation sites is 1. The summed E-state index contributed by atoms with van der Waals surface area (Å²) in [5.74, 6) is 0.330. The van der Waals surface area contributed by atoms with Crippen molar-refractivity contribution in [3.05, 3.63) is 59.5 Å². The lowest BCUT2D eigenvalue weighted by Gasteiger charge is -2.32. The van der Waals surface area contributed by atoms with Crippen molar-refractivity contribution >= 4 is 44.7 Å². The zero-order chi connectivity index (χ0) is 23.9. The molecule has 2 aromatic carbocycles. The number of nitrogens with zero attached hydrogens (tertiary/aromatic N) is 2. The van der Waals surface area contributed by atoms with Crippen molar-refractivity contribution in [3.8, 4) is 0 Å². The first-order valence-corrected chi connectivity index (χ1v) is 13.4. The lowest BCUT2D eigenvalue weighted by molar-refractivity contribution is -0.117. The SMILES string of the molecule is CCCCCN1CCC(c2csc3ccc(NC(=O)N(C(=O)CC)c4ccccc4)cc23)CC1. The van der Waals surface area contributed by atoms with Gasteiger partial charge in [0.05, 0.1) is 5.69 Å². The number of imide groups is 1. The van der Waals surface area contributed by atoms with E-state index in [0.29, 0.717) is 11.6 Å². The predicted octanol–water partition coefficient (Wildman–Crippen LogP) is 7.25. The van der Waals surface area contributed by atoms with E-state index in [1.807, 2.05) is 24.3 Å². The number of likely N-dealkylation sites (tertiary alicyclic amines) is 1. The minimum absolute atomic E-state index is 0.230. The van der Waals surface area contributed by atoms with Crippen molar-refractivity contribution in [1.29, 1.82) is 0 Å². The Hall–Kier alpha value is -2.70. The van der Waals surface area contributed by atoms with Gasteiger partial charge in [0, 0.05) is 16.8 Å². The number of unbranched alkanes of at least 4 members (excludes halogenated alkanes) is 2. The highest BCUT2D eigenvalue weighted by Gasteiger charge is 2.24. The molecule has 0 unspecified atom stereocenters. The second-order valence-electron chi connectivity index (χ2n) is 9.07.